The van der Waals surface area contributed by atoms with Gasteiger partial charge in [-0.05, 0) is 51.3 Å². The van der Waals surface area contributed by atoms with E-state index in [0.29, 0.717) is 27.6 Å². The summed E-state index contributed by atoms with van der Waals surface area (Å²) in [5.74, 6) is -0.436. The predicted molar refractivity (Wildman–Crippen MR) is 98.8 cm³/mol. The number of esters is 1. The largest absolute Gasteiger partial charge is 0.462 e. The minimum Gasteiger partial charge on any atom is -0.462 e. The molecule has 2 aromatic rings. The maximum absolute atomic E-state index is 12.3. The minimum absolute atomic E-state index is 0.273. The molecule has 0 aliphatic rings. The average Bonchev–Trinajstić information content (AvgIpc) is 2.56. The standard InChI is InChI=1S/C18H22N4O3/c1-6-11(4)20-19-9-14-13-8-10(3)15(18(24)25-7-2)12(5)16(13)17(23)22-21-14/h8-9H,6-7H2,1-5H3,(H,22,23)/b19-9+,20-11+. The zero-order chi connectivity index (χ0) is 18.6. The number of ether oxygens (including phenoxy) is 1. The highest BCUT2D eigenvalue weighted by Crippen LogP contribution is 2.24. The molecule has 25 heavy (non-hydrogen) atoms. The van der Waals surface area contributed by atoms with Gasteiger partial charge in [-0.1, -0.05) is 6.92 Å². The highest BCUT2D eigenvalue weighted by molar-refractivity contribution is 6.04. The van der Waals surface area contributed by atoms with Gasteiger partial charge in [0.15, 0.2) is 0 Å². The Bertz CT molecular complexity index is 926. The van der Waals surface area contributed by atoms with Gasteiger partial charge in [-0.15, -0.1) is 0 Å². The van der Waals surface area contributed by atoms with Crippen LogP contribution in [0.2, 0.25) is 0 Å². The number of aryl methyl sites for hydroxylation is 2. The number of aromatic nitrogens is 2. The summed E-state index contributed by atoms with van der Waals surface area (Å²) in [6, 6.07) is 1.76. The lowest BCUT2D eigenvalue weighted by atomic mass is 9.96. The van der Waals surface area contributed by atoms with Gasteiger partial charge in [0.05, 0.1) is 23.8 Å². The molecular formula is C18H22N4O3. The number of rotatable bonds is 5. The quantitative estimate of drug-likeness (QED) is 0.513. The Kier molecular flexibility index (Phi) is 5.80. The number of nitrogens with zero attached hydrogens (tertiary/aromatic N) is 3. The fourth-order valence-corrected chi connectivity index (χ4v) is 2.57. The van der Waals surface area contributed by atoms with Gasteiger partial charge >= 0.3 is 5.97 Å². The molecule has 2 rings (SSSR count). The molecule has 0 amide bonds. The van der Waals surface area contributed by atoms with Crippen molar-refractivity contribution in [3.63, 3.8) is 0 Å². The Hall–Kier alpha value is -2.83. The third-order valence-corrected chi connectivity index (χ3v) is 3.96. The van der Waals surface area contributed by atoms with Crippen molar-refractivity contribution in [2.24, 2.45) is 10.2 Å². The third kappa shape index (κ3) is 3.81. The highest BCUT2D eigenvalue weighted by Gasteiger charge is 2.19. The average molecular weight is 342 g/mol. The molecule has 7 heteroatoms. The first kappa shape index (κ1) is 18.5. The van der Waals surface area contributed by atoms with Crippen molar-refractivity contribution in [1.29, 1.82) is 0 Å². The lowest BCUT2D eigenvalue weighted by Gasteiger charge is -2.12. The Morgan fingerprint density at radius 1 is 1.36 bits per heavy atom. The van der Waals surface area contributed by atoms with Gasteiger partial charge in [-0.25, -0.2) is 9.89 Å². The predicted octanol–water partition coefficient (Wildman–Crippen LogP) is 2.92. The Morgan fingerprint density at radius 3 is 2.72 bits per heavy atom. The summed E-state index contributed by atoms with van der Waals surface area (Å²) < 4.78 is 5.10. The van der Waals surface area contributed by atoms with Crippen LogP contribution in [0.3, 0.4) is 0 Å². The van der Waals surface area contributed by atoms with E-state index >= 15 is 0 Å². The molecule has 0 unspecified atom stereocenters. The van der Waals surface area contributed by atoms with Crippen molar-refractivity contribution in [3.05, 3.63) is 38.8 Å². The lowest BCUT2D eigenvalue weighted by molar-refractivity contribution is 0.0525. The molecule has 0 spiro atoms. The topological polar surface area (TPSA) is 96.8 Å². The maximum atomic E-state index is 12.3. The van der Waals surface area contributed by atoms with Gasteiger partial charge in [-0.2, -0.15) is 15.3 Å². The molecule has 132 valence electrons. The van der Waals surface area contributed by atoms with E-state index in [4.69, 9.17) is 4.74 Å². The molecule has 0 radical (unpaired) electrons. The highest BCUT2D eigenvalue weighted by atomic mass is 16.5. The van der Waals surface area contributed by atoms with Crippen LogP contribution >= 0.6 is 0 Å². The second-order valence-corrected chi connectivity index (χ2v) is 5.71. The molecule has 1 heterocycles. The zero-order valence-corrected chi connectivity index (χ0v) is 15.1. The van der Waals surface area contributed by atoms with Crippen LogP contribution in [0.25, 0.3) is 10.8 Å². The summed E-state index contributed by atoms with van der Waals surface area (Å²) in [5.41, 5.74) is 2.72. The Labute approximate surface area is 145 Å². The lowest BCUT2D eigenvalue weighted by Crippen LogP contribution is -2.16. The fourth-order valence-electron chi connectivity index (χ4n) is 2.57. The van der Waals surface area contributed by atoms with Crippen LogP contribution in [0.5, 0.6) is 0 Å². The molecule has 1 N–H and O–H groups in total. The van der Waals surface area contributed by atoms with E-state index in [-0.39, 0.29) is 12.2 Å². The first-order chi connectivity index (χ1) is 11.9. The number of hydrogen-bond donors (Lipinski definition) is 1. The minimum atomic E-state index is -0.436. The van der Waals surface area contributed by atoms with E-state index in [1.807, 2.05) is 13.8 Å². The van der Waals surface area contributed by atoms with Crippen LogP contribution in [-0.4, -0.2) is 34.7 Å². The molecule has 0 aliphatic carbocycles. The van der Waals surface area contributed by atoms with E-state index < -0.39 is 5.97 Å². The van der Waals surface area contributed by atoms with E-state index in [1.54, 1.807) is 26.8 Å². The third-order valence-electron chi connectivity index (χ3n) is 3.96. The number of H-pyrrole nitrogens is 1. The van der Waals surface area contributed by atoms with Gasteiger partial charge in [0.2, 0.25) is 0 Å². The molecule has 0 saturated heterocycles. The van der Waals surface area contributed by atoms with Crippen molar-refractivity contribution in [1.82, 2.24) is 10.2 Å². The van der Waals surface area contributed by atoms with Gasteiger partial charge in [0.25, 0.3) is 5.56 Å². The van der Waals surface area contributed by atoms with Crippen molar-refractivity contribution >= 4 is 28.7 Å². The van der Waals surface area contributed by atoms with Crippen molar-refractivity contribution < 1.29 is 9.53 Å². The maximum Gasteiger partial charge on any atom is 0.338 e. The van der Waals surface area contributed by atoms with Crippen LogP contribution < -0.4 is 5.56 Å². The van der Waals surface area contributed by atoms with Crippen molar-refractivity contribution in [2.45, 2.75) is 41.0 Å². The Morgan fingerprint density at radius 2 is 2.08 bits per heavy atom. The normalized spacial score (nSPS) is 12.1. The molecule has 0 aliphatic heterocycles. The van der Waals surface area contributed by atoms with Crippen LogP contribution in [0.15, 0.2) is 21.1 Å². The van der Waals surface area contributed by atoms with Gasteiger partial charge in [-0.3, -0.25) is 4.79 Å². The van der Waals surface area contributed by atoms with Crippen LogP contribution in [0.4, 0.5) is 0 Å². The zero-order valence-electron chi connectivity index (χ0n) is 15.1. The number of carbonyl (C=O) groups excluding carboxylic acids is 1. The van der Waals surface area contributed by atoms with E-state index in [9.17, 15) is 9.59 Å². The number of nitrogens with one attached hydrogen (secondary N) is 1. The summed E-state index contributed by atoms with van der Waals surface area (Å²) in [7, 11) is 0. The van der Waals surface area contributed by atoms with E-state index in [2.05, 4.69) is 20.4 Å². The SMILES string of the molecule is CCOC(=O)c1c(C)cc2c(/C=N/N=C(\C)CC)n[nH]c(=O)c2c1C. The summed E-state index contributed by atoms with van der Waals surface area (Å²) in [4.78, 5) is 24.5. The number of aromatic amines is 1. The van der Waals surface area contributed by atoms with Crippen LogP contribution in [-0.2, 0) is 4.74 Å². The summed E-state index contributed by atoms with van der Waals surface area (Å²) in [5, 5.41) is 15.6. The van der Waals surface area contributed by atoms with Gasteiger partial charge in [0, 0.05) is 11.1 Å². The summed E-state index contributed by atoms with van der Waals surface area (Å²) in [6.07, 6.45) is 2.30. The van der Waals surface area contributed by atoms with Crippen molar-refractivity contribution in [2.75, 3.05) is 6.61 Å². The molecule has 0 fully saturated rings. The van der Waals surface area contributed by atoms with Gasteiger partial charge < -0.3 is 4.74 Å². The number of hydrogen-bond acceptors (Lipinski definition) is 6. The van der Waals surface area contributed by atoms with E-state index in [1.165, 1.54) is 6.21 Å². The van der Waals surface area contributed by atoms with Crippen LogP contribution in [0.1, 0.15) is 54.4 Å². The van der Waals surface area contributed by atoms with Gasteiger partial charge in [0.1, 0.15) is 5.69 Å². The van der Waals surface area contributed by atoms with E-state index in [0.717, 1.165) is 17.7 Å². The number of fused-ring (bicyclic) bond motifs is 1. The second-order valence-electron chi connectivity index (χ2n) is 5.71. The molecular weight excluding hydrogens is 320 g/mol. The molecule has 0 atom stereocenters. The molecule has 1 aromatic carbocycles. The van der Waals surface area contributed by atoms with Crippen LogP contribution in [0, 0.1) is 13.8 Å². The number of benzene rings is 1. The first-order valence-corrected chi connectivity index (χ1v) is 8.16. The Balaban J connectivity index is 2.68. The second kappa shape index (κ2) is 7.83. The molecule has 7 nitrogen and oxygen atoms in total. The summed E-state index contributed by atoms with van der Waals surface area (Å²) in [6.45, 7) is 9.43. The molecule has 0 bridgehead atoms. The summed E-state index contributed by atoms with van der Waals surface area (Å²) >= 11 is 0. The first-order valence-electron chi connectivity index (χ1n) is 8.16. The smallest absolute Gasteiger partial charge is 0.338 e. The molecule has 0 saturated carbocycles. The molecule has 1 aromatic heterocycles. The fraction of sp³-hybridized carbons (Fsp3) is 0.389. The monoisotopic (exact) mass is 342 g/mol. The number of carbonyl (C=O) groups is 1. The van der Waals surface area contributed by atoms with Crippen molar-refractivity contribution in [3.8, 4) is 0 Å².